The van der Waals surface area contributed by atoms with E-state index >= 15 is 0 Å². The van der Waals surface area contributed by atoms with Gasteiger partial charge in [-0.15, -0.1) is 0 Å². The van der Waals surface area contributed by atoms with E-state index in [0.29, 0.717) is 0 Å². The predicted molar refractivity (Wildman–Crippen MR) is 60.2 cm³/mol. The summed E-state index contributed by atoms with van der Waals surface area (Å²) in [7, 11) is 0. The Morgan fingerprint density at radius 2 is 2.07 bits per heavy atom. The Labute approximate surface area is 89.8 Å². The van der Waals surface area contributed by atoms with Gasteiger partial charge in [0.2, 0.25) is 0 Å². The maximum Gasteiger partial charge on any atom is 0.116 e. The number of nitrogens with zero attached hydrogens (tertiary/aromatic N) is 1. The Kier molecular flexibility index (Phi) is 2.80. The van der Waals surface area contributed by atoms with Crippen LogP contribution in [0.4, 0.5) is 0 Å². The molecule has 15 heavy (non-hydrogen) atoms. The van der Waals surface area contributed by atoms with Gasteiger partial charge in [-0.2, -0.15) is 0 Å². The minimum atomic E-state index is 0.828. The molecule has 0 saturated heterocycles. The molecule has 0 aliphatic rings. The van der Waals surface area contributed by atoms with Crippen molar-refractivity contribution < 1.29 is 0 Å². The first-order chi connectivity index (χ1) is 7.36. The summed E-state index contributed by atoms with van der Waals surface area (Å²) in [4.78, 5) is 4.21. The molecule has 1 nitrogen and oxygen atoms in total. The topological polar surface area (TPSA) is 12.9 Å². The molecule has 0 atom stereocenters. The lowest BCUT2D eigenvalue weighted by Crippen LogP contribution is -1.85. The summed E-state index contributed by atoms with van der Waals surface area (Å²) in [6, 6.07) is 14.6. The Hall–Kier alpha value is -2.07. The van der Waals surface area contributed by atoms with Gasteiger partial charge in [0.25, 0.3) is 0 Å². The summed E-state index contributed by atoms with van der Waals surface area (Å²) >= 11 is 0. The summed E-state index contributed by atoms with van der Waals surface area (Å²) in [6.45, 7) is 2.01. The van der Waals surface area contributed by atoms with Crippen molar-refractivity contribution in [1.82, 2.24) is 4.98 Å². The van der Waals surface area contributed by atoms with Gasteiger partial charge in [-0.3, -0.25) is 0 Å². The summed E-state index contributed by atoms with van der Waals surface area (Å²) in [6.07, 6.45) is 1.76. The van der Waals surface area contributed by atoms with Gasteiger partial charge in [-0.1, -0.05) is 30.2 Å². The van der Waals surface area contributed by atoms with Crippen LogP contribution in [0.2, 0.25) is 0 Å². The van der Waals surface area contributed by atoms with Crippen LogP contribution in [0.15, 0.2) is 42.6 Å². The molecular formula is C14H10N. The molecule has 1 radical (unpaired) electrons. The minimum absolute atomic E-state index is 0.828. The first kappa shape index (κ1) is 9.48. The van der Waals surface area contributed by atoms with Gasteiger partial charge in [0.15, 0.2) is 0 Å². The van der Waals surface area contributed by atoms with E-state index in [1.807, 2.05) is 43.3 Å². The molecular weight excluding hydrogens is 182 g/mol. The molecule has 1 aromatic heterocycles. The largest absolute Gasteiger partial charge is 0.248 e. The normalized spacial score (nSPS) is 9.13. The number of rotatable bonds is 0. The summed E-state index contributed by atoms with van der Waals surface area (Å²) in [5.74, 6) is 6.07. The highest BCUT2D eigenvalue weighted by molar-refractivity contribution is 5.41. The predicted octanol–water partition coefficient (Wildman–Crippen LogP) is 2.59. The van der Waals surface area contributed by atoms with E-state index in [4.69, 9.17) is 0 Å². The monoisotopic (exact) mass is 192 g/mol. The number of benzene rings is 1. The Morgan fingerprint density at radius 3 is 2.80 bits per heavy atom. The average Bonchev–Trinajstić information content (AvgIpc) is 2.29. The molecule has 0 fully saturated rings. The highest BCUT2D eigenvalue weighted by Crippen LogP contribution is 2.01. The first-order valence-corrected chi connectivity index (χ1v) is 4.76. The quantitative estimate of drug-likeness (QED) is 0.585. The number of aryl methyl sites for hydroxylation is 1. The third-order valence-corrected chi connectivity index (χ3v) is 2.03. The molecule has 0 saturated carbocycles. The van der Waals surface area contributed by atoms with Crippen molar-refractivity contribution in [2.45, 2.75) is 6.92 Å². The fraction of sp³-hybridized carbons (Fsp3) is 0.0714. The van der Waals surface area contributed by atoms with Crippen LogP contribution in [0, 0.1) is 24.8 Å². The maximum atomic E-state index is 4.21. The van der Waals surface area contributed by atoms with E-state index in [9.17, 15) is 0 Å². The van der Waals surface area contributed by atoms with Crippen molar-refractivity contribution in [2.24, 2.45) is 0 Å². The lowest BCUT2D eigenvalue weighted by molar-refractivity contribution is 1.23. The van der Waals surface area contributed by atoms with Gasteiger partial charge in [-0.25, -0.2) is 4.98 Å². The Bertz CT molecular complexity index is 504. The molecule has 71 valence electrons. The van der Waals surface area contributed by atoms with Crippen LogP contribution in [0.5, 0.6) is 0 Å². The third kappa shape index (κ3) is 2.45. The van der Waals surface area contributed by atoms with Gasteiger partial charge in [-0.05, 0) is 36.6 Å². The second-order valence-corrected chi connectivity index (χ2v) is 3.20. The standard InChI is InChI=1S/C14H10N/c1-12-6-5-11-15-14(12)10-9-13-7-3-2-4-8-13/h2-7,11H,1H3. The van der Waals surface area contributed by atoms with Gasteiger partial charge in [0.05, 0.1) is 0 Å². The van der Waals surface area contributed by atoms with Crippen LogP contribution in [-0.4, -0.2) is 4.98 Å². The van der Waals surface area contributed by atoms with E-state index in [1.165, 1.54) is 0 Å². The van der Waals surface area contributed by atoms with Crippen LogP contribution in [0.3, 0.4) is 0 Å². The van der Waals surface area contributed by atoms with Crippen LogP contribution in [0.25, 0.3) is 0 Å². The van der Waals surface area contributed by atoms with Crippen molar-refractivity contribution in [2.75, 3.05) is 0 Å². The highest BCUT2D eigenvalue weighted by atomic mass is 14.7. The lowest BCUT2D eigenvalue weighted by atomic mass is 10.2. The Balaban J connectivity index is 2.31. The van der Waals surface area contributed by atoms with Gasteiger partial charge in [0.1, 0.15) is 5.69 Å². The summed E-state index contributed by atoms with van der Waals surface area (Å²) in [5.41, 5.74) is 2.82. The first-order valence-electron chi connectivity index (χ1n) is 4.76. The number of aromatic nitrogens is 1. The lowest BCUT2D eigenvalue weighted by Gasteiger charge is -1.93. The molecule has 0 bridgehead atoms. The molecule has 1 heterocycles. The molecule has 1 aromatic carbocycles. The smallest absolute Gasteiger partial charge is 0.116 e. The molecule has 2 aromatic rings. The van der Waals surface area contributed by atoms with E-state index in [1.54, 1.807) is 6.20 Å². The molecule has 0 aliphatic heterocycles. The number of pyridine rings is 1. The molecule has 1 heteroatoms. The van der Waals surface area contributed by atoms with Crippen molar-refractivity contribution in [3.8, 4) is 11.8 Å². The van der Waals surface area contributed by atoms with E-state index < -0.39 is 0 Å². The summed E-state index contributed by atoms with van der Waals surface area (Å²) in [5, 5.41) is 0. The maximum absolute atomic E-state index is 4.21. The van der Waals surface area contributed by atoms with E-state index in [-0.39, 0.29) is 0 Å². The summed E-state index contributed by atoms with van der Waals surface area (Å²) < 4.78 is 0. The van der Waals surface area contributed by atoms with Crippen molar-refractivity contribution in [1.29, 1.82) is 0 Å². The fourth-order valence-electron chi connectivity index (χ4n) is 1.21. The van der Waals surface area contributed by atoms with Gasteiger partial charge < -0.3 is 0 Å². The average molecular weight is 192 g/mol. The number of hydrogen-bond acceptors (Lipinski definition) is 1. The molecule has 0 spiro atoms. The van der Waals surface area contributed by atoms with Crippen molar-refractivity contribution >= 4 is 0 Å². The zero-order chi connectivity index (χ0) is 10.5. The van der Waals surface area contributed by atoms with E-state index in [2.05, 4.69) is 22.9 Å². The van der Waals surface area contributed by atoms with Crippen LogP contribution >= 0.6 is 0 Å². The van der Waals surface area contributed by atoms with Crippen LogP contribution in [0.1, 0.15) is 16.8 Å². The Morgan fingerprint density at radius 1 is 1.13 bits per heavy atom. The molecule has 0 amide bonds. The van der Waals surface area contributed by atoms with E-state index in [0.717, 1.165) is 16.8 Å². The third-order valence-electron chi connectivity index (χ3n) is 2.03. The zero-order valence-electron chi connectivity index (χ0n) is 8.49. The van der Waals surface area contributed by atoms with Crippen LogP contribution in [-0.2, 0) is 0 Å². The van der Waals surface area contributed by atoms with Crippen molar-refractivity contribution in [3.63, 3.8) is 0 Å². The zero-order valence-corrected chi connectivity index (χ0v) is 8.49. The minimum Gasteiger partial charge on any atom is -0.248 e. The van der Waals surface area contributed by atoms with Gasteiger partial charge in [0, 0.05) is 11.8 Å². The SMILES string of the molecule is Cc1cccnc1C#Cc1[c]cccc1. The molecule has 0 unspecified atom stereocenters. The fourth-order valence-corrected chi connectivity index (χ4v) is 1.21. The second kappa shape index (κ2) is 4.43. The van der Waals surface area contributed by atoms with Gasteiger partial charge >= 0.3 is 0 Å². The van der Waals surface area contributed by atoms with Crippen LogP contribution < -0.4 is 0 Å². The molecule has 2 rings (SSSR count). The molecule has 0 N–H and O–H groups in total. The van der Waals surface area contributed by atoms with Crippen molar-refractivity contribution in [3.05, 3.63) is 65.5 Å². The highest BCUT2D eigenvalue weighted by Gasteiger charge is 1.92. The number of hydrogen-bond donors (Lipinski definition) is 0. The molecule has 0 aliphatic carbocycles. The second-order valence-electron chi connectivity index (χ2n) is 3.20.